The molecule has 1 saturated heterocycles. The highest BCUT2D eigenvalue weighted by Crippen LogP contribution is 2.39. The van der Waals surface area contributed by atoms with Crippen molar-refractivity contribution in [2.75, 3.05) is 19.7 Å². The molecule has 1 aromatic rings. The minimum atomic E-state index is 0.103. The molecule has 4 heteroatoms. The lowest BCUT2D eigenvalue weighted by Gasteiger charge is -2.38. The average Bonchev–Trinajstić information content (AvgIpc) is 2.84. The van der Waals surface area contributed by atoms with Crippen LogP contribution in [0.15, 0.2) is 22.7 Å². The molecule has 0 amide bonds. The van der Waals surface area contributed by atoms with Gasteiger partial charge in [-0.3, -0.25) is 4.90 Å². The quantitative estimate of drug-likeness (QED) is 0.908. The lowest BCUT2D eigenvalue weighted by Crippen LogP contribution is -2.50. The maximum atomic E-state index is 5.99. The first-order valence-electron chi connectivity index (χ1n) is 7.05. The fourth-order valence-corrected chi connectivity index (χ4v) is 3.84. The van der Waals surface area contributed by atoms with E-state index in [-0.39, 0.29) is 12.1 Å². The topological polar surface area (TPSA) is 38.5 Å². The molecule has 0 radical (unpaired) electrons. The minimum Gasteiger partial charge on any atom is -0.374 e. The van der Waals surface area contributed by atoms with Crippen LogP contribution in [0.3, 0.4) is 0 Å². The van der Waals surface area contributed by atoms with Gasteiger partial charge in [-0.15, -0.1) is 0 Å². The fourth-order valence-electron chi connectivity index (χ4n) is 3.26. The molecule has 0 spiro atoms. The van der Waals surface area contributed by atoms with E-state index in [0.29, 0.717) is 6.04 Å². The van der Waals surface area contributed by atoms with Gasteiger partial charge >= 0.3 is 0 Å². The third-order valence-electron chi connectivity index (χ3n) is 4.33. The van der Waals surface area contributed by atoms with Gasteiger partial charge in [0.1, 0.15) is 0 Å². The van der Waals surface area contributed by atoms with Gasteiger partial charge in [0.15, 0.2) is 0 Å². The van der Waals surface area contributed by atoms with Crippen molar-refractivity contribution in [3.8, 4) is 0 Å². The Bertz CT molecular complexity index is 463. The summed E-state index contributed by atoms with van der Waals surface area (Å²) >= 11 is 3.67. The zero-order chi connectivity index (χ0) is 13.4. The van der Waals surface area contributed by atoms with Gasteiger partial charge in [-0.05, 0) is 37.0 Å². The van der Waals surface area contributed by atoms with Crippen LogP contribution in [0, 0.1) is 0 Å². The number of benzene rings is 1. The molecule has 0 aromatic heterocycles. The Labute approximate surface area is 123 Å². The van der Waals surface area contributed by atoms with Gasteiger partial charge in [-0.25, -0.2) is 0 Å². The molecular weight excluding hydrogens is 304 g/mol. The van der Waals surface area contributed by atoms with E-state index in [1.54, 1.807) is 0 Å². The Morgan fingerprint density at radius 3 is 3.11 bits per heavy atom. The molecule has 19 heavy (non-hydrogen) atoms. The summed E-state index contributed by atoms with van der Waals surface area (Å²) in [7, 11) is 0. The summed E-state index contributed by atoms with van der Waals surface area (Å²) in [5.41, 5.74) is 8.96. The number of morpholine rings is 1. The van der Waals surface area contributed by atoms with Gasteiger partial charge in [0.2, 0.25) is 0 Å². The van der Waals surface area contributed by atoms with Crippen molar-refractivity contribution in [3.63, 3.8) is 0 Å². The summed E-state index contributed by atoms with van der Waals surface area (Å²) in [6.45, 7) is 4.80. The zero-order valence-electron chi connectivity index (χ0n) is 11.3. The molecule has 3 atom stereocenters. The van der Waals surface area contributed by atoms with Gasteiger partial charge < -0.3 is 10.5 Å². The maximum absolute atomic E-state index is 5.99. The SMILES string of the molecule is CC(N)C1CN(C2CCc3c(Br)cccc32)CCO1. The van der Waals surface area contributed by atoms with Gasteiger partial charge in [0.25, 0.3) is 0 Å². The number of hydrogen-bond donors (Lipinski definition) is 1. The van der Waals surface area contributed by atoms with Crippen molar-refractivity contribution in [2.45, 2.75) is 38.0 Å². The minimum absolute atomic E-state index is 0.103. The van der Waals surface area contributed by atoms with E-state index in [9.17, 15) is 0 Å². The van der Waals surface area contributed by atoms with Crippen molar-refractivity contribution in [3.05, 3.63) is 33.8 Å². The van der Waals surface area contributed by atoms with Crippen molar-refractivity contribution >= 4 is 15.9 Å². The van der Waals surface area contributed by atoms with Gasteiger partial charge in [-0.2, -0.15) is 0 Å². The predicted octanol–water partition coefficient (Wildman–Crippen LogP) is 2.48. The molecular formula is C15H21BrN2O. The van der Waals surface area contributed by atoms with Crippen LogP contribution in [0.4, 0.5) is 0 Å². The number of fused-ring (bicyclic) bond motifs is 1. The molecule has 1 aliphatic carbocycles. The number of ether oxygens (including phenoxy) is 1. The summed E-state index contributed by atoms with van der Waals surface area (Å²) in [5, 5.41) is 0. The van der Waals surface area contributed by atoms with E-state index in [4.69, 9.17) is 10.5 Å². The summed E-state index contributed by atoms with van der Waals surface area (Å²) in [6.07, 6.45) is 2.55. The van der Waals surface area contributed by atoms with Gasteiger partial charge in [0, 0.05) is 29.6 Å². The van der Waals surface area contributed by atoms with Crippen LogP contribution in [-0.2, 0) is 11.2 Å². The summed E-state index contributed by atoms with van der Waals surface area (Å²) in [5.74, 6) is 0. The van der Waals surface area contributed by atoms with E-state index in [0.717, 1.165) is 19.7 Å². The Morgan fingerprint density at radius 1 is 1.47 bits per heavy atom. The highest BCUT2D eigenvalue weighted by atomic mass is 79.9. The second kappa shape index (κ2) is 5.52. The largest absolute Gasteiger partial charge is 0.374 e. The Kier molecular flexibility index (Phi) is 3.94. The monoisotopic (exact) mass is 324 g/mol. The van der Waals surface area contributed by atoms with E-state index in [1.165, 1.54) is 28.4 Å². The van der Waals surface area contributed by atoms with Gasteiger partial charge in [-0.1, -0.05) is 28.1 Å². The number of halogens is 1. The lowest BCUT2D eigenvalue weighted by atomic mass is 10.0. The van der Waals surface area contributed by atoms with Crippen molar-refractivity contribution in [1.29, 1.82) is 0 Å². The first-order chi connectivity index (χ1) is 9.16. The molecule has 1 fully saturated rings. The number of nitrogens with zero attached hydrogens (tertiary/aromatic N) is 1. The predicted molar refractivity (Wildman–Crippen MR) is 80.2 cm³/mol. The maximum Gasteiger partial charge on any atom is 0.0850 e. The van der Waals surface area contributed by atoms with E-state index < -0.39 is 0 Å². The van der Waals surface area contributed by atoms with Crippen LogP contribution in [0.5, 0.6) is 0 Å². The second-order valence-corrected chi connectivity index (χ2v) is 6.48. The van der Waals surface area contributed by atoms with Gasteiger partial charge in [0.05, 0.1) is 12.7 Å². The van der Waals surface area contributed by atoms with Crippen molar-refractivity contribution in [1.82, 2.24) is 4.90 Å². The van der Waals surface area contributed by atoms with E-state index in [1.807, 2.05) is 6.92 Å². The molecule has 104 valence electrons. The lowest BCUT2D eigenvalue weighted by molar-refractivity contribution is -0.0519. The van der Waals surface area contributed by atoms with Crippen molar-refractivity contribution < 1.29 is 4.74 Å². The Hall–Kier alpha value is -0.420. The number of rotatable bonds is 2. The normalized spacial score (nSPS) is 29.2. The zero-order valence-corrected chi connectivity index (χ0v) is 12.9. The summed E-state index contributed by atoms with van der Waals surface area (Å²) in [6, 6.07) is 7.20. The first-order valence-corrected chi connectivity index (χ1v) is 7.84. The Morgan fingerprint density at radius 2 is 2.32 bits per heavy atom. The number of nitrogens with two attached hydrogens (primary N) is 1. The second-order valence-electron chi connectivity index (χ2n) is 5.63. The number of hydrogen-bond acceptors (Lipinski definition) is 3. The molecule has 2 N–H and O–H groups in total. The molecule has 1 aliphatic heterocycles. The molecule has 3 nitrogen and oxygen atoms in total. The average molecular weight is 325 g/mol. The Balaban J connectivity index is 1.80. The summed E-state index contributed by atoms with van der Waals surface area (Å²) in [4.78, 5) is 2.55. The van der Waals surface area contributed by atoms with Crippen LogP contribution < -0.4 is 5.73 Å². The van der Waals surface area contributed by atoms with E-state index >= 15 is 0 Å². The summed E-state index contributed by atoms with van der Waals surface area (Å²) < 4.78 is 7.02. The van der Waals surface area contributed by atoms with E-state index in [2.05, 4.69) is 39.0 Å². The smallest absolute Gasteiger partial charge is 0.0850 e. The molecule has 0 saturated carbocycles. The standard InChI is InChI=1S/C15H21BrN2O/c1-10(17)15-9-18(7-8-19-15)14-6-5-11-12(14)3-2-4-13(11)16/h2-4,10,14-15H,5-9,17H2,1H3. The van der Waals surface area contributed by atoms with Crippen LogP contribution in [0.2, 0.25) is 0 Å². The van der Waals surface area contributed by atoms with Crippen LogP contribution in [0.1, 0.15) is 30.5 Å². The molecule has 1 aromatic carbocycles. The molecule has 1 heterocycles. The highest BCUT2D eigenvalue weighted by molar-refractivity contribution is 9.10. The van der Waals surface area contributed by atoms with Crippen LogP contribution in [-0.4, -0.2) is 36.7 Å². The fraction of sp³-hybridized carbons (Fsp3) is 0.600. The molecule has 3 rings (SSSR count). The van der Waals surface area contributed by atoms with Crippen molar-refractivity contribution in [2.24, 2.45) is 5.73 Å². The first kappa shape index (κ1) is 13.6. The molecule has 2 aliphatic rings. The van der Waals surface area contributed by atoms with Crippen LogP contribution >= 0.6 is 15.9 Å². The third-order valence-corrected chi connectivity index (χ3v) is 5.08. The molecule has 0 bridgehead atoms. The molecule has 3 unspecified atom stereocenters. The third kappa shape index (κ3) is 2.59. The highest BCUT2D eigenvalue weighted by Gasteiger charge is 2.33. The van der Waals surface area contributed by atoms with Crippen LogP contribution in [0.25, 0.3) is 0 Å².